The molecule has 2 heterocycles. The first-order chi connectivity index (χ1) is 6.74. The number of hydrogen-bond acceptors (Lipinski definition) is 3. The van der Waals surface area contributed by atoms with E-state index < -0.39 is 0 Å². The maximum Gasteiger partial charge on any atom is 0.221 e. The van der Waals surface area contributed by atoms with Crippen LogP contribution in [0.5, 0.6) is 0 Å². The Labute approximate surface area is 84.6 Å². The Bertz CT molecular complexity index is 229. The lowest BCUT2D eigenvalue weighted by atomic mass is 9.84. The number of carbonyl (C=O) groups is 1. The van der Waals surface area contributed by atoms with Gasteiger partial charge in [0.1, 0.15) is 0 Å². The molecule has 0 aromatic heterocycles. The van der Waals surface area contributed by atoms with Crippen molar-refractivity contribution in [1.29, 1.82) is 0 Å². The summed E-state index contributed by atoms with van der Waals surface area (Å²) >= 11 is 0. The SMILES string of the molecule is NCCC1CCCC2(CNC(=O)C2)N1. The molecule has 2 rings (SSSR count). The van der Waals surface area contributed by atoms with Gasteiger partial charge in [0.2, 0.25) is 5.91 Å². The Balaban J connectivity index is 1.96. The van der Waals surface area contributed by atoms with Gasteiger partial charge in [-0.25, -0.2) is 0 Å². The van der Waals surface area contributed by atoms with Crippen molar-refractivity contribution < 1.29 is 4.79 Å². The minimum Gasteiger partial charge on any atom is -0.354 e. The molecular weight excluding hydrogens is 178 g/mol. The van der Waals surface area contributed by atoms with Crippen LogP contribution in [0.1, 0.15) is 32.1 Å². The van der Waals surface area contributed by atoms with E-state index >= 15 is 0 Å². The highest BCUT2D eigenvalue weighted by Gasteiger charge is 2.41. The smallest absolute Gasteiger partial charge is 0.221 e. The highest BCUT2D eigenvalue weighted by molar-refractivity contribution is 5.80. The van der Waals surface area contributed by atoms with E-state index in [0.717, 1.165) is 25.9 Å². The second-order valence-corrected chi connectivity index (χ2v) is 4.54. The fourth-order valence-electron chi connectivity index (χ4n) is 2.66. The van der Waals surface area contributed by atoms with Crippen molar-refractivity contribution in [2.75, 3.05) is 13.1 Å². The van der Waals surface area contributed by atoms with Crippen LogP contribution in [-0.4, -0.2) is 30.6 Å². The van der Waals surface area contributed by atoms with Gasteiger partial charge in [-0.1, -0.05) is 0 Å². The lowest BCUT2D eigenvalue weighted by Gasteiger charge is -2.38. The zero-order valence-electron chi connectivity index (χ0n) is 8.51. The molecule has 4 nitrogen and oxygen atoms in total. The summed E-state index contributed by atoms with van der Waals surface area (Å²) < 4.78 is 0. The van der Waals surface area contributed by atoms with Crippen LogP contribution in [0.15, 0.2) is 0 Å². The van der Waals surface area contributed by atoms with Gasteiger partial charge in [0.05, 0.1) is 0 Å². The first kappa shape index (κ1) is 9.93. The molecule has 2 atom stereocenters. The third-order valence-electron chi connectivity index (χ3n) is 3.36. The minimum atomic E-state index is 0.0508. The number of nitrogens with one attached hydrogen (secondary N) is 2. The molecule has 0 aromatic carbocycles. The van der Waals surface area contributed by atoms with Gasteiger partial charge in [0, 0.05) is 24.5 Å². The van der Waals surface area contributed by atoms with Crippen molar-refractivity contribution in [3.63, 3.8) is 0 Å². The van der Waals surface area contributed by atoms with Crippen molar-refractivity contribution in [2.45, 2.75) is 43.7 Å². The molecule has 14 heavy (non-hydrogen) atoms. The number of rotatable bonds is 2. The molecule has 0 saturated carbocycles. The van der Waals surface area contributed by atoms with Crippen LogP contribution < -0.4 is 16.4 Å². The van der Waals surface area contributed by atoms with Crippen LogP contribution >= 0.6 is 0 Å². The zero-order chi connectivity index (χ0) is 10.0. The van der Waals surface area contributed by atoms with E-state index in [-0.39, 0.29) is 11.4 Å². The summed E-state index contributed by atoms with van der Waals surface area (Å²) in [4.78, 5) is 11.2. The first-order valence-electron chi connectivity index (χ1n) is 5.49. The highest BCUT2D eigenvalue weighted by atomic mass is 16.2. The Hall–Kier alpha value is -0.610. The quantitative estimate of drug-likeness (QED) is 0.571. The lowest BCUT2D eigenvalue weighted by molar-refractivity contribution is -0.119. The van der Waals surface area contributed by atoms with E-state index in [1.165, 1.54) is 12.8 Å². The maximum absolute atomic E-state index is 11.2. The van der Waals surface area contributed by atoms with Crippen LogP contribution in [0.2, 0.25) is 0 Å². The number of carbonyl (C=O) groups excluding carboxylic acids is 1. The molecule has 0 bridgehead atoms. The molecule has 0 radical (unpaired) electrons. The van der Waals surface area contributed by atoms with Gasteiger partial charge in [0.25, 0.3) is 0 Å². The Morgan fingerprint density at radius 1 is 1.57 bits per heavy atom. The Kier molecular flexibility index (Phi) is 2.74. The number of nitrogens with two attached hydrogens (primary N) is 1. The van der Waals surface area contributed by atoms with Crippen LogP contribution in [0.4, 0.5) is 0 Å². The molecule has 80 valence electrons. The molecule has 2 aliphatic rings. The number of piperidine rings is 1. The van der Waals surface area contributed by atoms with E-state index in [0.29, 0.717) is 12.5 Å². The van der Waals surface area contributed by atoms with E-state index in [4.69, 9.17) is 5.73 Å². The summed E-state index contributed by atoms with van der Waals surface area (Å²) in [6.45, 7) is 1.53. The fourth-order valence-corrected chi connectivity index (χ4v) is 2.66. The molecule has 2 fully saturated rings. The van der Waals surface area contributed by atoms with Crippen LogP contribution in [-0.2, 0) is 4.79 Å². The summed E-state index contributed by atoms with van der Waals surface area (Å²) in [5, 5.41) is 6.51. The molecule has 4 N–H and O–H groups in total. The largest absolute Gasteiger partial charge is 0.354 e. The fraction of sp³-hybridized carbons (Fsp3) is 0.900. The Morgan fingerprint density at radius 2 is 2.43 bits per heavy atom. The van der Waals surface area contributed by atoms with Crippen molar-refractivity contribution in [1.82, 2.24) is 10.6 Å². The van der Waals surface area contributed by atoms with E-state index in [1.807, 2.05) is 0 Å². The third kappa shape index (κ3) is 1.91. The topological polar surface area (TPSA) is 67.1 Å². The third-order valence-corrected chi connectivity index (χ3v) is 3.36. The summed E-state index contributed by atoms with van der Waals surface area (Å²) in [7, 11) is 0. The molecule has 2 saturated heterocycles. The van der Waals surface area contributed by atoms with Gasteiger partial charge in [-0.05, 0) is 32.2 Å². The summed E-state index contributed by atoms with van der Waals surface area (Å²) in [5.41, 5.74) is 5.60. The van der Waals surface area contributed by atoms with E-state index in [9.17, 15) is 4.79 Å². The van der Waals surface area contributed by atoms with Crippen molar-refractivity contribution in [3.05, 3.63) is 0 Å². The average Bonchev–Trinajstić information content (AvgIpc) is 2.48. The lowest BCUT2D eigenvalue weighted by Crippen LogP contribution is -2.55. The maximum atomic E-state index is 11.2. The van der Waals surface area contributed by atoms with Gasteiger partial charge >= 0.3 is 0 Å². The van der Waals surface area contributed by atoms with E-state index in [2.05, 4.69) is 10.6 Å². The first-order valence-corrected chi connectivity index (χ1v) is 5.49. The van der Waals surface area contributed by atoms with Crippen molar-refractivity contribution in [3.8, 4) is 0 Å². The number of hydrogen-bond donors (Lipinski definition) is 3. The van der Waals surface area contributed by atoms with Gasteiger partial charge < -0.3 is 16.4 Å². The predicted molar refractivity (Wildman–Crippen MR) is 54.8 cm³/mol. The molecule has 2 unspecified atom stereocenters. The van der Waals surface area contributed by atoms with Crippen molar-refractivity contribution in [2.24, 2.45) is 5.73 Å². The summed E-state index contributed by atoms with van der Waals surface area (Å²) in [6.07, 6.45) is 5.20. The summed E-state index contributed by atoms with van der Waals surface area (Å²) in [6, 6.07) is 0.515. The molecule has 1 amide bonds. The van der Waals surface area contributed by atoms with Gasteiger partial charge in [-0.2, -0.15) is 0 Å². The highest BCUT2D eigenvalue weighted by Crippen LogP contribution is 2.29. The van der Waals surface area contributed by atoms with Gasteiger partial charge in [-0.3, -0.25) is 4.79 Å². The molecule has 4 heteroatoms. The van der Waals surface area contributed by atoms with Crippen LogP contribution in [0.3, 0.4) is 0 Å². The minimum absolute atomic E-state index is 0.0508. The van der Waals surface area contributed by atoms with Crippen LogP contribution in [0, 0.1) is 0 Å². The monoisotopic (exact) mass is 197 g/mol. The standard InChI is InChI=1S/C10H19N3O/c11-5-3-8-2-1-4-10(13-8)6-9(14)12-7-10/h8,13H,1-7,11H2,(H,12,14). The number of amides is 1. The second-order valence-electron chi connectivity index (χ2n) is 4.54. The molecule has 0 aromatic rings. The van der Waals surface area contributed by atoms with Crippen molar-refractivity contribution >= 4 is 5.91 Å². The second kappa shape index (κ2) is 3.87. The summed E-state index contributed by atoms with van der Waals surface area (Å²) in [5.74, 6) is 0.186. The molecule has 2 aliphatic heterocycles. The normalized spacial score (nSPS) is 37.5. The van der Waals surface area contributed by atoms with Gasteiger partial charge in [-0.15, -0.1) is 0 Å². The van der Waals surface area contributed by atoms with Gasteiger partial charge in [0.15, 0.2) is 0 Å². The molecule has 0 aliphatic carbocycles. The molecule has 1 spiro atoms. The Morgan fingerprint density at radius 3 is 3.07 bits per heavy atom. The average molecular weight is 197 g/mol. The molecular formula is C10H19N3O. The van der Waals surface area contributed by atoms with E-state index in [1.54, 1.807) is 0 Å². The van der Waals surface area contributed by atoms with Crippen LogP contribution in [0.25, 0.3) is 0 Å². The zero-order valence-corrected chi connectivity index (χ0v) is 8.51. The predicted octanol–water partition coefficient (Wildman–Crippen LogP) is -0.264.